The lowest BCUT2D eigenvalue weighted by Gasteiger charge is -2.16. The third kappa shape index (κ3) is 3.91. The van der Waals surface area contributed by atoms with Gasteiger partial charge in [-0.1, -0.05) is 11.6 Å². The second-order valence-electron chi connectivity index (χ2n) is 6.79. The number of thiocarbonyl (C=S) groups is 1. The topological polar surface area (TPSA) is 106 Å². The average Bonchev–Trinajstić information content (AvgIpc) is 3.12. The Labute approximate surface area is 191 Å². The fourth-order valence-electron chi connectivity index (χ4n) is 3.28. The molecule has 0 radical (unpaired) electrons. The Balaban J connectivity index is 1.80. The second-order valence-corrected chi connectivity index (χ2v) is 7.63. The largest absolute Gasteiger partial charge is 0.465 e. The van der Waals surface area contributed by atoms with E-state index in [1.54, 1.807) is 18.2 Å². The van der Waals surface area contributed by atoms with Crippen LogP contribution in [0.25, 0.3) is 17.0 Å². The van der Waals surface area contributed by atoms with Crippen molar-refractivity contribution in [1.82, 2.24) is 15.2 Å². The van der Waals surface area contributed by atoms with E-state index < -0.39 is 17.8 Å². The number of benzene rings is 2. The molecule has 1 aromatic heterocycles. The van der Waals surface area contributed by atoms with Gasteiger partial charge in [0.1, 0.15) is 5.57 Å². The molecule has 2 amide bonds. The van der Waals surface area contributed by atoms with Crippen LogP contribution in [-0.4, -0.2) is 40.5 Å². The quantitative estimate of drug-likeness (QED) is 0.265. The zero-order chi connectivity index (χ0) is 23.0. The fourth-order valence-corrected chi connectivity index (χ4v) is 3.64. The Morgan fingerprint density at radius 3 is 2.28 bits per heavy atom. The summed E-state index contributed by atoms with van der Waals surface area (Å²) in [5.41, 5.74) is 1.44. The molecule has 1 aliphatic rings. The average molecular weight is 468 g/mol. The minimum Gasteiger partial charge on any atom is -0.465 e. The number of fused-ring (bicyclic) bond motifs is 1. The molecule has 0 aliphatic carbocycles. The first-order valence-electron chi connectivity index (χ1n) is 9.20. The molecule has 0 atom stereocenters. The molecule has 0 bridgehead atoms. The number of nitrogens with zero attached hydrogens (tertiary/aromatic N) is 1. The summed E-state index contributed by atoms with van der Waals surface area (Å²) in [6.07, 6.45) is 2.88. The second kappa shape index (κ2) is 8.37. The molecule has 0 spiro atoms. The van der Waals surface area contributed by atoms with Crippen LogP contribution in [0.4, 0.5) is 0 Å². The molecule has 4 rings (SSSR count). The Morgan fingerprint density at radius 1 is 1.03 bits per heavy atom. The summed E-state index contributed by atoms with van der Waals surface area (Å²) in [6.45, 7) is 0. The van der Waals surface area contributed by atoms with Crippen LogP contribution >= 0.6 is 23.8 Å². The van der Waals surface area contributed by atoms with E-state index in [0.717, 1.165) is 0 Å². The molecule has 1 saturated heterocycles. The number of rotatable bonds is 3. The monoisotopic (exact) mass is 467 g/mol. The van der Waals surface area contributed by atoms with Gasteiger partial charge in [-0.2, -0.15) is 0 Å². The zero-order valence-corrected chi connectivity index (χ0v) is 18.0. The van der Waals surface area contributed by atoms with Crippen molar-refractivity contribution in [1.29, 1.82) is 0 Å². The zero-order valence-electron chi connectivity index (χ0n) is 16.5. The molecule has 1 aliphatic heterocycles. The number of halogens is 1. The number of amides is 2. The van der Waals surface area contributed by atoms with Crippen molar-refractivity contribution in [3.63, 3.8) is 0 Å². The highest BCUT2D eigenvalue weighted by Gasteiger charge is 2.26. The fraction of sp³-hybridized carbons (Fsp3) is 0.0455. The van der Waals surface area contributed by atoms with E-state index >= 15 is 0 Å². The molecule has 2 aromatic carbocycles. The van der Waals surface area contributed by atoms with Crippen molar-refractivity contribution in [2.24, 2.45) is 0 Å². The summed E-state index contributed by atoms with van der Waals surface area (Å²) in [5, 5.41) is 5.65. The molecule has 2 N–H and O–H groups in total. The summed E-state index contributed by atoms with van der Waals surface area (Å²) >= 11 is 11.0. The molecule has 160 valence electrons. The van der Waals surface area contributed by atoms with Gasteiger partial charge >= 0.3 is 5.97 Å². The molecule has 3 aromatic rings. The van der Waals surface area contributed by atoms with Gasteiger partial charge in [0, 0.05) is 27.7 Å². The first-order chi connectivity index (χ1) is 15.3. The third-order valence-corrected chi connectivity index (χ3v) is 5.25. The summed E-state index contributed by atoms with van der Waals surface area (Å²) in [4.78, 5) is 49.3. The van der Waals surface area contributed by atoms with Gasteiger partial charge in [-0.05, 0) is 60.8 Å². The molecular weight excluding hydrogens is 454 g/mol. The lowest BCUT2D eigenvalue weighted by atomic mass is 10.1. The van der Waals surface area contributed by atoms with Crippen LogP contribution < -0.4 is 10.6 Å². The van der Waals surface area contributed by atoms with E-state index in [0.29, 0.717) is 32.6 Å². The van der Waals surface area contributed by atoms with Crippen LogP contribution in [-0.2, 0) is 14.3 Å². The van der Waals surface area contributed by atoms with Gasteiger partial charge in [-0.25, -0.2) is 4.79 Å². The number of carbonyl (C=O) groups is 4. The maximum atomic E-state index is 13.2. The number of hydrogen-bond donors (Lipinski definition) is 2. The highest BCUT2D eigenvalue weighted by atomic mass is 35.5. The van der Waals surface area contributed by atoms with Crippen LogP contribution in [0.15, 0.2) is 54.2 Å². The van der Waals surface area contributed by atoms with Crippen LogP contribution in [0.2, 0.25) is 5.02 Å². The highest BCUT2D eigenvalue weighted by molar-refractivity contribution is 7.80. The first-order valence-corrected chi connectivity index (χ1v) is 9.99. The Hall–Kier alpha value is -3.82. The summed E-state index contributed by atoms with van der Waals surface area (Å²) < 4.78 is 6.05. The van der Waals surface area contributed by atoms with Gasteiger partial charge in [0.15, 0.2) is 5.11 Å². The van der Waals surface area contributed by atoms with E-state index in [1.807, 2.05) is 0 Å². The molecule has 8 nitrogen and oxygen atoms in total. The first kappa shape index (κ1) is 21.4. The summed E-state index contributed by atoms with van der Waals surface area (Å²) in [6, 6.07) is 10.9. The Kier molecular flexibility index (Phi) is 5.60. The van der Waals surface area contributed by atoms with Crippen molar-refractivity contribution >= 4 is 69.6 Å². The molecular formula is C22H14ClN3O5S. The minimum atomic E-state index is -0.647. The predicted octanol–water partition coefficient (Wildman–Crippen LogP) is 2.68. The van der Waals surface area contributed by atoms with E-state index in [-0.39, 0.29) is 16.6 Å². The van der Waals surface area contributed by atoms with Crippen molar-refractivity contribution in [3.8, 4) is 0 Å². The number of ether oxygens (including phenoxy) is 1. The van der Waals surface area contributed by atoms with Crippen molar-refractivity contribution in [3.05, 3.63) is 75.9 Å². The summed E-state index contributed by atoms with van der Waals surface area (Å²) in [5.74, 6) is -2.18. The van der Waals surface area contributed by atoms with Gasteiger partial charge in [0.2, 0.25) is 0 Å². The smallest absolute Gasteiger partial charge is 0.337 e. The van der Waals surface area contributed by atoms with E-state index in [1.165, 1.54) is 48.2 Å². The molecule has 0 unspecified atom stereocenters. The summed E-state index contributed by atoms with van der Waals surface area (Å²) in [7, 11) is 1.27. The van der Waals surface area contributed by atoms with Crippen LogP contribution in [0.3, 0.4) is 0 Å². The van der Waals surface area contributed by atoms with Crippen molar-refractivity contribution in [2.75, 3.05) is 7.11 Å². The molecule has 1 fully saturated rings. The molecule has 2 heterocycles. The number of hydrogen-bond acceptors (Lipinski definition) is 6. The number of esters is 1. The van der Waals surface area contributed by atoms with Crippen molar-refractivity contribution in [2.45, 2.75) is 0 Å². The molecule has 32 heavy (non-hydrogen) atoms. The lowest BCUT2D eigenvalue weighted by molar-refractivity contribution is -0.123. The number of methoxy groups -OCH3 is 1. The van der Waals surface area contributed by atoms with Crippen LogP contribution in [0, 0.1) is 0 Å². The standard InChI is InChI=1S/C22H14ClN3O5S/c1-31-21(30)12-4-2-11(3-5-12)20(29)26-10-13(15-9-14(23)6-7-17(15)26)8-16-18(27)24-22(32)25-19(16)28/h2-10H,1H3,(H2,24,25,27,28,32). The Bertz CT molecular complexity index is 1340. The van der Waals surface area contributed by atoms with Crippen molar-refractivity contribution < 1.29 is 23.9 Å². The van der Waals surface area contributed by atoms with E-state index in [4.69, 9.17) is 23.8 Å². The van der Waals surface area contributed by atoms with Gasteiger partial charge in [-0.15, -0.1) is 0 Å². The number of carbonyl (C=O) groups excluding carboxylic acids is 4. The number of aromatic nitrogens is 1. The highest BCUT2D eigenvalue weighted by Crippen LogP contribution is 2.28. The van der Waals surface area contributed by atoms with Gasteiger partial charge in [0.25, 0.3) is 17.7 Å². The normalized spacial score (nSPS) is 13.6. The predicted molar refractivity (Wildman–Crippen MR) is 121 cm³/mol. The van der Waals surface area contributed by atoms with E-state index in [9.17, 15) is 19.2 Å². The molecule has 0 saturated carbocycles. The van der Waals surface area contributed by atoms with Gasteiger partial charge in [-0.3, -0.25) is 29.6 Å². The number of nitrogens with one attached hydrogen (secondary N) is 2. The van der Waals surface area contributed by atoms with Gasteiger partial charge < -0.3 is 4.74 Å². The maximum Gasteiger partial charge on any atom is 0.337 e. The van der Waals surface area contributed by atoms with Crippen LogP contribution in [0.1, 0.15) is 26.3 Å². The van der Waals surface area contributed by atoms with Gasteiger partial charge in [0.05, 0.1) is 18.2 Å². The molecule has 10 heteroatoms. The minimum absolute atomic E-state index is 0.0757. The van der Waals surface area contributed by atoms with Crippen LogP contribution in [0.5, 0.6) is 0 Å². The Morgan fingerprint density at radius 2 is 1.66 bits per heavy atom. The lowest BCUT2D eigenvalue weighted by Crippen LogP contribution is -2.51. The SMILES string of the molecule is COC(=O)c1ccc(C(=O)n2cc(C=C3C(=O)NC(=S)NC3=O)c3cc(Cl)ccc32)cc1. The third-order valence-electron chi connectivity index (χ3n) is 4.81. The van der Waals surface area contributed by atoms with E-state index in [2.05, 4.69) is 15.4 Å². The maximum absolute atomic E-state index is 13.2.